The number of hydrogen-bond acceptors (Lipinski definition) is 3. The number of oxazole rings is 1. The van der Waals surface area contributed by atoms with Crippen LogP contribution in [-0.2, 0) is 0 Å². The van der Waals surface area contributed by atoms with Gasteiger partial charge in [-0.1, -0.05) is 42.5 Å². The Bertz CT molecular complexity index is 839. The van der Waals surface area contributed by atoms with Crippen molar-refractivity contribution in [2.24, 2.45) is 0 Å². The Balaban J connectivity index is 2.20. The van der Waals surface area contributed by atoms with E-state index in [0.29, 0.717) is 5.69 Å². The minimum atomic E-state index is -0.398. The first-order chi connectivity index (χ1) is 10.1. The molecule has 0 fully saturated rings. The van der Waals surface area contributed by atoms with Crippen molar-refractivity contribution < 1.29 is 9.15 Å². The van der Waals surface area contributed by atoms with E-state index in [1.54, 1.807) is 4.57 Å². The molecule has 1 unspecified atom stereocenters. The summed E-state index contributed by atoms with van der Waals surface area (Å²) in [6.07, 6.45) is 0. The summed E-state index contributed by atoms with van der Waals surface area (Å²) < 4.78 is 11.9. The summed E-state index contributed by atoms with van der Waals surface area (Å²) in [4.78, 5) is 12.1. The molecule has 0 N–H and O–H groups in total. The van der Waals surface area contributed by atoms with Crippen LogP contribution in [0.25, 0.3) is 10.8 Å². The van der Waals surface area contributed by atoms with Gasteiger partial charge >= 0.3 is 11.7 Å². The van der Waals surface area contributed by atoms with Gasteiger partial charge in [0.05, 0.1) is 13.2 Å². The molecule has 2 aromatic carbocycles. The predicted molar refractivity (Wildman–Crippen MR) is 82.0 cm³/mol. The van der Waals surface area contributed by atoms with E-state index < -0.39 is 5.76 Å². The predicted octanol–water partition coefficient (Wildman–Crippen LogP) is 3.52. The third-order valence-electron chi connectivity index (χ3n) is 3.88. The Kier molecular flexibility index (Phi) is 3.29. The Morgan fingerprint density at radius 3 is 2.57 bits per heavy atom. The van der Waals surface area contributed by atoms with Crippen LogP contribution in [0.2, 0.25) is 0 Å². The fourth-order valence-corrected chi connectivity index (χ4v) is 2.83. The van der Waals surface area contributed by atoms with E-state index in [1.165, 1.54) is 7.11 Å². The summed E-state index contributed by atoms with van der Waals surface area (Å²) in [5.41, 5.74) is 1.78. The molecule has 1 heterocycles. The second kappa shape index (κ2) is 5.13. The summed E-state index contributed by atoms with van der Waals surface area (Å²) in [5, 5.41) is 2.29. The van der Waals surface area contributed by atoms with Gasteiger partial charge in [-0.25, -0.2) is 4.79 Å². The van der Waals surface area contributed by atoms with Crippen LogP contribution in [0.4, 0.5) is 0 Å². The lowest BCUT2D eigenvalue weighted by atomic mass is 9.99. The molecule has 1 aromatic heterocycles. The van der Waals surface area contributed by atoms with Crippen molar-refractivity contribution in [1.29, 1.82) is 0 Å². The van der Waals surface area contributed by atoms with Crippen molar-refractivity contribution in [3.05, 3.63) is 64.3 Å². The number of nitrogens with zero attached hydrogens (tertiary/aromatic N) is 1. The molecule has 0 saturated carbocycles. The molecule has 0 aliphatic rings. The third-order valence-corrected chi connectivity index (χ3v) is 3.88. The molecule has 0 radical (unpaired) electrons. The molecular weight excluding hydrogens is 266 g/mol. The minimum absolute atomic E-state index is 0.128. The van der Waals surface area contributed by atoms with Crippen molar-refractivity contribution in [3.8, 4) is 5.95 Å². The molecule has 1 atom stereocenters. The zero-order chi connectivity index (χ0) is 15.0. The molecule has 3 aromatic rings. The fraction of sp³-hybridized carbons (Fsp3) is 0.235. The van der Waals surface area contributed by atoms with Gasteiger partial charge in [0.1, 0.15) is 5.69 Å². The first kappa shape index (κ1) is 13.5. The molecule has 0 aliphatic carbocycles. The van der Waals surface area contributed by atoms with Gasteiger partial charge in [-0.3, -0.25) is 4.57 Å². The van der Waals surface area contributed by atoms with E-state index in [0.717, 1.165) is 16.3 Å². The zero-order valence-electron chi connectivity index (χ0n) is 12.3. The van der Waals surface area contributed by atoms with E-state index >= 15 is 0 Å². The molecule has 0 spiro atoms. The maximum Gasteiger partial charge on any atom is 0.422 e. The first-order valence-electron chi connectivity index (χ1n) is 6.87. The monoisotopic (exact) mass is 283 g/mol. The smallest absolute Gasteiger partial charge is 0.422 e. The fourth-order valence-electron chi connectivity index (χ4n) is 2.83. The lowest BCUT2D eigenvalue weighted by molar-refractivity contribution is 0.291. The lowest BCUT2D eigenvalue weighted by Crippen LogP contribution is -2.20. The maximum atomic E-state index is 12.1. The SMILES string of the molecule is COc1oc(=O)n(C(C)c2cccc3ccccc23)c1C. The average molecular weight is 283 g/mol. The number of aromatic nitrogens is 1. The van der Waals surface area contributed by atoms with Crippen LogP contribution in [0.1, 0.15) is 24.2 Å². The van der Waals surface area contributed by atoms with Gasteiger partial charge in [-0.15, -0.1) is 0 Å². The number of hydrogen-bond donors (Lipinski definition) is 0. The molecule has 0 saturated heterocycles. The van der Waals surface area contributed by atoms with Crippen LogP contribution < -0.4 is 10.5 Å². The molecule has 4 nitrogen and oxygen atoms in total. The van der Waals surface area contributed by atoms with Crippen LogP contribution in [-0.4, -0.2) is 11.7 Å². The molecule has 108 valence electrons. The molecule has 4 heteroatoms. The highest BCUT2D eigenvalue weighted by atomic mass is 16.6. The molecule has 0 bridgehead atoms. The highest BCUT2D eigenvalue weighted by Gasteiger charge is 2.20. The average Bonchev–Trinajstić information content (AvgIpc) is 2.80. The van der Waals surface area contributed by atoms with Gasteiger partial charge in [0.25, 0.3) is 0 Å². The zero-order valence-corrected chi connectivity index (χ0v) is 12.3. The lowest BCUT2D eigenvalue weighted by Gasteiger charge is -2.16. The second-order valence-corrected chi connectivity index (χ2v) is 5.06. The Labute approximate surface area is 122 Å². The molecule has 0 aliphatic heterocycles. The van der Waals surface area contributed by atoms with Crippen LogP contribution in [0.15, 0.2) is 51.7 Å². The van der Waals surface area contributed by atoms with Crippen molar-refractivity contribution in [2.45, 2.75) is 19.9 Å². The highest BCUT2D eigenvalue weighted by Crippen LogP contribution is 2.28. The maximum absolute atomic E-state index is 12.1. The van der Waals surface area contributed by atoms with Gasteiger partial charge in [-0.2, -0.15) is 0 Å². The standard InChI is InChI=1S/C17H17NO3/c1-11(18-12(2)16(20-3)21-17(18)19)14-10-6-8-13-7-4-5-9-15(13)14/h4-11H,1-3H3. The summed E-state index contributed by atoms with van der Waals surface area (Å²) >= 11 is 0. The van der Waals surface area contributed by atoms with E-state index in [2.05, 4.69) is 18.2 Å². The van der Waals surface area contributed by atoms with Gasteiger partial charge in [0.2, 0.25) is 0 Å². The van der Waals surface area contributed by atoms with Gasteiger partial charge in [0, 0.05) is 0 Å². The summed E-state index contributed by atoms with van der Waals surface area (Å²) in [6, 6.07) is 14.1. The third kappa shape index (κ3) is 2.13. The number of fused-ring (bicyclic) bond motifs is 1. The Hall–Kier alpha value is -2.49. The summed E-state index contributed by atoms with van der Waals surface area (Å²) in [7, 11) is 1.50. The highest BCUT2D eigenvalue weighted by molar-refractivity contribution is 5.86. The quantitative estimate of drug-likeness (QED) is 0.738. The van der Waals surface area contributed by atoms with E-state index in [1.807, 2.05) is 38.1 Å². The Morgan fingerprint density at radius 2 is 1.86 bits per heavy atom. The van der Waals surface area contributed by atoms with E-state index in [4.69, 9.17) is 9.15 Å². The van der Waals surface area contributed by atoms with Crippen molar-refractivity contribution in [1.82, 2.24) is 4.57 Å². The van der Waals surface area contributed by atoms with Gasteiger partial charge in [0.15, 0.2) is 0 Å². The number of methoxy groups -OCH3 is 1. The summed E-state index contributed by atoms with van der Waals surface area (Å²) in [6.45, 7) is 3.82. The van der Waals surface area contributed by atoms with Gasteiger partial charge in [-0.05, 0) is 30.2 Å². The van der Waals surface area contributed by atoms with Crippen LogP contribution in [0.3, 0.4) is 0 Å². The minimum Gasteiger partial charge on any atom is -0.467 e. The summed E-state index contributed by atoms with van der Waals surface area (Å²) in [5.74, 6) is -0.128. The van der Waals surface area contributed by atoms with Crippen LogP contribution >= 0.6 is 0 Å². The van der Waals surface area contributed by atoms with Crippen molar-refractivity contribution in [2.75, 3.05) is 7.11 Å². The largest absolute Gasteiger partial charge is 0.467 e. The molecule has 21 heavy (non-hydrogen) atoms. The number of rotatable bonds is 3. The molecule has 0 amide bonds. The molecule has 3 rings (SSSR count). The normalized spacial score (nSPS) is 12.5. The van der Waals surface area contributed by atoms with Gasteiger partial charge < -0.3 is 9.15 Å². The van der Waals surface area contributed by atoms with E-state index in [9.17, 15) is 4.79 Å². The second-order valence-electron chi connectivity index (χ2n) is 5.06. The van der Waals surface area contributed by atoms with Crippen LogP contribution in [0.5, 0.6) is 5.95 Å². The Morgan fingerprint density at radius 1 is 1.14 bits per heavy atom. The van der Waals surface area contributed by atoms with Crippen LogP contribution in [0, 0.1) is 6.92 Å². The first-order valence-corrected chi connectivity index (χ1v) is 6.87. The topological polar surface area (TPSA) is 44.4 Å². The van der Waals surface area contributed by atoms with E-state index in [-0.39, 0.29) is 12.0 Å². The number of ether oxygens (including phenoxy) is 1. The van der Waals surface area contributed by atoms with Crippen molar-refractivity contribution >= 4 is 10.8 Å². The van der Waals surface area contributed by atoms with Crippen molar-refractivity contribution in [3.63, 3.8) is 0 Å². The number of benzene rings is 2. The molecular formula is C17H17NO3.